The highest BCUT2D eigenvalue weighted by Crippen LogP contribution is 2.30. The molecule has 4 nitrogen and oxygen atoms in total. The number of aromatic hydroxyl groups is 2. The lowest BCUT2D eigenvalue weighted by molar-refractivity contribution is 0.465. The molecular formula is C6H10Br2N2O2. The number of hydrogen-bond acceptors (Lipinski definition) is 4. The zero-order valence-electron chi connectivity index (χ0n) is 6.02. The van der Waals surface area contributed by atoms with Crippen LogP contribution in [0.4, 0.5) is 11.4 Å². The van der Waals surface area contributed by atoms with Crippen molar-refractivity contribution in [3.8, 4) is 11.5 Å². The third-order valence-electron chi connectivity index (χ3n) is 1.18. The summed E-state index contributed by atoms with van der Waals surface area (Å²) in [5, 5.41) is 17.8. The molecule has 0 unspecified atom stereocenters. The Labute approximate surface area is 90.7 Å². The molecule has 6 N–H and O–H groups in total. The highest BCUT2D eigenvalue weighted by molar-refractivity contribution is 8.93. The highest BCUT2D eigenvalue weighted by Gasteiger charge is 2.01. The van der Waals surface area contributed by atoms with Crippen molar-refractivity contribution in [1.82, 2.24) is 0 Å². The topological polar surface area (TPSA) is 92.5 Å². The molecule has 0 spiro atoms. The second kappa shape index (κ2) is 5.10. The van der Waals surface area contributed by atoms with Gasteiger partial charge in [0.25, 0.3) is 0 Å². The lowest BCUT2D eigenvalue weighted by Gasteiger charge is -2.01. The summed E-state index contributed by atoms with van der Waals surface area (Å²) in [5.41, 5.74) is 10.7. The first-order valence-electron chi connectivity index (χ1n) is 2.68. The third-order valence-corrected chi connectivity index (χ3v) is 1.18. The average molecular weight is 302 g/mol. The lowest BCUT2D eigenvalue weighted by Crippen LogP contribution is -1.89. The van der Waals surface area contributed by atoms with Gasteiger partial charge in [0, 0.05) is 12.1 Å². The molecular weight excluding hydrogens is 292 g/mol. The minimum Gasteiger partial charge on any atom is -0.506 e. The number of benzene rings is 1. The molecule has 1 rings (SSSR count). The first-order valence-corrected chi connectivity index (χ1v) is 2.68. The first kappa shape index (κ1) is 13.9. The summed E-state index contributed by atoms with van der Waals surface area (Å²) < 4.78 is 0. The fraction of sp³-hybridized carbons (Fsp3) is 0. The van der Waals surface area contributed by atoms with Gasteiger partial charge >= 0.3 is 0 Å². The summed E-state index contributed by atoms with van der Waals surface area (Å²) in [6, 6.07) is 2.40. The fourth-order valence-corrected chi connectivity index (χ4v) is 0.609. The molecule has 0 atom stereocenters. The molecule has 1 aromatic rings. The van der Waals surface area contributed by atoms with E-state index in [1.54, 1.807) is 0 Å². The van der Waals surface area contributed by atoms with Crippen molar-refractivity contribution in [2.45, 2.75) is 0 Å². The van der Waals surface area contributed by atoms with Crippen molar-refractivity contribution in [3.63, 3.8) is 0 Å². The smallest absolute Gasteiger partial charge is 0.140 e. The number of phenols is 2. The summed E-state index contributed by atoms with van der Waals surface area (Å²) in [7, 11) is 0. The van der Waals surface area contributed by atoms with E-state index in [1.165, 1.54) is 12.1 Å². The van der Waals surface area contributed by atoms with Crippen molar-refractivity contribution < 1.29 is 10.2 Å². The van der Waals surface area contributed by atoms with E-state index >= 15 is 0 Å². The zero-order valence-corrected chi connectivity index (χ0v) is 9.45. The molecule has 12 heavy (non-hydrogen) atoms. The van der Waals surface area contributed by atoms with E-state index in [0.717, 1.165) is 0 Å². The van der Waals surface area contributed by atoms with Crippen molar-refractivity contribution in [1.29, 1.82) is 0 Å². The maximum absolute atomic E-state index is 8.91. The van der Waals surface area contributed by atoms with Crippen molar-refractivity contribution >= 4 is 45.3 Å². The second-order valence-electron chi connectivity index (χ2n) is 1.97. The Morgan fingerprint density at radius 3 is 1.33 bits per heavy atom. The molecule has 0 saturated heterocycles. The molecule has 0 aliphatic heterocycles. The molecule has 0 aromatic heterocycles. The summed E-state index contributed by atoms with van der Waals surface area (Å²) >= 11 is 0. The Balaban J connectivity index is 0. The van der Waals surface area contributed by atoms with Crippen molar-refractivity contribution in [2.75, 3.05) is 11.5 Å². The Morgan fingerprint density at radius 2 is 1.08 bits per heavy atom. The van der Waals surface area contributed by atoms with Gasteiger partial charge in [0.1, 0.15) is 11.5 Å². The minimum atomic E-state index is -0.115. The largest absolute Gasteiger partial charge is 0.506 e. The number of anilines is 2. The van der Waals surface area contributed by atoms with Crippen LogP contribution in [0.3, 0.4) is 0 Å². The van der Waals surface area contributed by atoms with Crippen LogP contribution in [0.25, 0.3) is 0 Å². The Morgan fingerprint density at radius 1 is 0.833 bits per heavy atom. The van der Waals surface area contributed by atoms with Crippen molar-refractivity contribution in [2.24, 2.45) is 0 Å². The van der Waals surface area contributed by atoms with Gasteiger partial charge in [-0.25, -0.2) is 0 Å². The van der Waals surface area contributed by atoms with Gasteiger partial charge in [0.05, 0.1) is 11.4 Å². The van der Waals surface area contributed by atoms with Crippen LogP contribution in [-0.4, -0.2) is 10.2 Å². The zero-order chi connectivity index (χ0) is 7.72. The molecule has 0 bridgehead atoms. The van der Waals surface area contributed by atoms with Crippen LogP contribution >= 0.6 is 34.0 Å². The van der Waals surface area contributed by atoms with E-state index in [4.69, 9.17) is 21.7 Å². The molecule has 0 fully saturated rings. The van der Waals surface area contributed by atoms with Crippen LogP contribution < -0.4 is 11.5 Å². The van der Waals surface area contributed by atoms with Gasteiger partial charge in [-0.1, -0.05) is 0 Å². The molecule has 70 valence electrons. The quantitative estimate of drug-likeness (QED) is 0.331. The van der Waals surface area contributed by atoms with Gasteiger partial charge < -0.3 is 21.7 Å². The van der Waals surface area contributed by atoms with Gasteiger partial charge in [0.2, 0.25) is 0 Å². The van der Waals surface area contributed by atoms with E-state index in [1.807, 2.05) is 0 Å². The van der Waals surface area contributed by atoms with E-state index in [-0.39, 0.29) is 56.8 Å². The molecule has 0 aliphatic rings. The van der Waals surface area contributed by atoms with Gasteiger partial charge in [-0.05, 0) is 0 Å². The number of halogens is 2. The Bertz CT molecular complexity index is 218. The van der Waals surface area contributed by atoms with Crippen LogP contribution in [0, 0.1) is 0 Å². The second-order valence-corrected chi connectivity index (χ2v) is 1.97. The van der Waals surface area contributed by atoms with Crippen LogP contribution in [-0.2, 0) is 0 Å². The van der Waals surface area contributed by atoms with Crippen molar-refractivity contribution in [3.05, 3.63) is 12.1 Å². The predicted octanol–water partition coefficient (Wildman–Crippen LogP) is 1.42. The number of phenolic OH excluding ortho intramolecular Hbond substituents is 2. The molecule has 0 aliphatic carbocycles. The summed E-state index contributed by atoms with van der Waals surface area (Å²) in [5.74, 6) is -0.231. The van der Waals surface area contributed by atoms with Crippen LogP contribution in [0.2, 0.25) is 0 Å². The first-order chi connectivity index (χ1) is 4.61. The molecule has 0 radical (unpaired) electrons. The number of hydrogen-bond donors (Lipinski definition) is 4. The molecule has 0 saturated carbocycles. The van der Waals surface area contributed by atoms with Gasteiger partial charge in [-0.3, -0.25) is 0 Å². The average Bonchev–Trinajstić information content (AvgIpc) is 1.84. The number of rotatable bonds is 0. The third kappa shape index (κ3) is 2.78. The van der Waals surface area contributed by atoms with E-state index in [9.17, 15) is 0 Å². The standard InChI is InChI=1S/C6H8N2O2.2BrH/c7-3-1-5(9)4(8)2-6(3)10;;/h1-2,9-10H,7-8H2;2*1H. The van der Waals surface area contributed by atoms with Crippen LogP contribution in [0.1, 0.15) is 0 Å². The molecule has 0 heterocycles. The highest BCUT2D eigenvalue weighted by atomic mass is 79.9. The predicted molar refractivity (Wildman–Crippen MR) is 59.2 cm³/mol. The van der Waals surface area contributed by atoms with Crippen LogP contribution in [0.5, 0.6) is 11.5 Å². The number of nitrogen functional groups attached to an aromatic ring is 2. The summed E-state index contributed by atoms with van der Waals surface area (Å²) in [6.45, 7) is 0. The normalized spacial score (nSPS) is 8.00. The fourth-order valence-electron chi connectivity index (χ4n) is 0.609. The van der Waals surface area contributed by atoms with E-state index in [2.05, 4.69) is 0 Å². The summed E-state index contributed by atoms with van der Waals surface area (Å²) in [4.78, 5) is 0. The van der Waals surface area contributed by atoms with Gasteiger partial charge in [-0.15, -0.1) is 34.0 Å². The SMILES string of the molecule is Br.Br.Nc1cc(O)c(N)cc1O. The monoisotopic (exact) mass is 300 g/mol. The Hall–Kier alpha value is -0.620. The van der Waals surface area contributed by atoms with Gasteiger partial charge in [-0.2, -0.15) is 0 Å². The van der Waals surface area contributed by atoms with E-state index < -0.39 is 0 Å². The van der Waals surface area contributed by atoms with E-state index in [0.29, 0.717) is 0 Å². The molecule has 1 aromatic carbocycles. The maximum Gasteiger partial charge on any atom is 0.140 e. The summed E-state index contributed by atoms with van der Waals surface area (Å²) in [6.07, 6.45) is 0. The molecule has 6 heteroatoms. The van der Waals surface area contributed by atoms with Crippen LogP contribution in [0.15, 0.2) is 12.1 Å². The number of nitrogens with two attached hydrogens (primary N) is 2. The Kier molecular flexibility index (Phi) is 5.92. The lowest BCUT2D eigenvalue weighted by atomic mass is 10.2. The maximum atomic E-state index is 8.91. The van der Waals surface area contributed by atoms with Gasteiger partial charge in [0.15, 0.2) is 0 Å². The minimum absolute atomic E-state index is 0. The molecule has 0 amide bonds.